The fourth-order valence-electron chi connectivity index (χ4n) is 5.72. The fraction of sp³-hybridized carbons (Fsp3) is 0.259. The van der Waals surface area contributed by atoms with E-state index in [4.69, 9.17) is 16.7 Å². The molecular formula is C27H25ClN4O. The molecule has 2 atom stereocenters. The molecule has 33 heavy (non-hydrogen) atoms. The highest BCUT2D eigenvalue weighted by Gasteiger charge is 2.59. The number of carbonyl (C=O) groups excluding carboxylic acids is 1. The van der Waals surface area contributed by atoms with Gasteiger partial charge in [-0.15, -0.1) is 0 Å². The Morgan fingerprint density at radius 2 is 1.70 bits per heavy atom. The summed E-state index contributed by atoms with van der Waals surface area (Å²) < 4.78 is 0. The van der Waals surface area contributed by atoms with Gasteiger partial charge in [-0.2, -0.15) is 10.1 Å². The molecule has 1 fully saturated rings. The van der Waals surface area contributed by atoms with Gasteiger partial charge in [0.15, 0.2) is 0 Å². The Hall–Kier alpha value is -3.31. The zero-order valence-electron chi connectivity index (χ0n) is 18.5. The second kappa shape index (κ2) is 7.63. The number of fused-ring (bicyclic) bond motifs is 4. The Morgan fingerprint density at radius 1 is 0.939 bits per heavy atom. The molecule has 3 aliphatic rings. The summed E-state index contributed by atoms with van der Waals surface area (Å²) in [6, 6.07) is 26.2. The van der Waals surface area contributed by atoms with Crippen molar-refractivity contribution in [3.05, 3.63) is 89.4 Å². The minimum absolute atomic E-state index is 0.0231. The van der Waals surface area contributed by atoms with Gasteiger partial charge in [0.2, 0.25) is 0 Å². The third-order valence-corrected chi connectivity index (χ3v) is 7.60. The summed E-state index contributed by atoms with van der Waals surface area (Å²) in [5.41, 5.74) is 4.53. The first-order chi connectivity index (χ1) is 16.1. The van der Waals surface area contributed by atoms with Crippen LogP contribution in [0.15, 0.2) is 84.0 Å². The standard InChI is InChI=1S/C27H25ClN4O/c1-19-27(26(33)32(29-19)22-10-3-2-4-11-22)17-20-8-5-6-13-24(20)31-15-14-30(18-25(27)31)23-12-7-9-21(28)16-23/h2-13,16,25H,14-15,17-18H2,1H3/t25-,27-/m0/s1. The van der Waals surface area contributed by atoms with Crippen molar-refractivity contribution in [1.82, 2.24) is 0 Å². The summed E-state index contributed by atoms with van der Waals surface area (Å²) in [5.74, 6) is 0.0589. The van der Waals surface area contributed by atoms with E-state index in [9.17, 15) is 4.79 Å². The molecule has 1 spiro atoms. The second-order valence-corrected chi connectivity index (χ2v) is 9.49. The Kier molecular flexibility index (Phi) is 4.70. The average Bonchev–Trinajstić information content (AvgIpc) is 3.10. The number of nitrogens with zero attached hydrogens (tertiary/aromatic N) is 4. The SMILES string of the molecule is CC1=NN(c2ccccc2)C(=O)[C@@]12Cc1ccccc1N1CCN(c3cccc(Cl)c3)C[C@H]12. The number of carbonyl (C=O) groups is 1. The lowest BCUT2D eigenvalue weighted by atomic mass is 9.67. The Bertz CT molecular complexity index is 1260. The van der Waals surface area contributed by atoms with Crippen molar-refractivity contribution in [3.8, 4) is 0 Å². The number of para-hydroxylation sites is 2. The minimum Gasteiger partial charge on any atom is -0.368 e. The second-order valence-electron chi connectivity index (χ2n) is 9.05. The summed E-state index contributed by atoms with van der Waals surface area (Å²) in [6.07, 6.45) is 0.658. The number of halogens is 1. The van der Waals surface area contributed by atoms with Crippen molar-refractivity contribution >= 4 is 40.3 Å². The lowest BCUT2D eigenvalue weighted by Gasteiger charge is -2.53. The molecule has 3 aromatic carbocycles. The molecule has 0 radical (unpaired) electrons. The van der Waals surface area contributed by atoms with E-state index in [0.29, 0.717) is 6.42 Å². The molecule has 166 valence electrons. The van der Waals surface area contributed by atoms with Crippen molar-refractivity contribution in [1.29, 1.82) is 0 Å². The molecule has 6 heteroatoms. The smallest absolute Gasteiger partial charge is 0.261 e. The molecule has 0 saturated carbocycles. The number of hydrazone groups is 1. The lowest BCUT2D eigenvalue weighted by Crippen LogP contribution is -2.67. The van der Waals surface area contributed by atoms with Crippen LogP contribution in [-0.2, 0) is 11.2 Å². The van der Waals surface area contributed by atoms with Gasteiger partial charge in [0, 0.05) is 36.0 Å². The van der Waals surface area contributed by atoms with E-state index >= 15 is 0 Å². The topological polar surface area (TPSA) is 39.2 Å². The molecule has 0 N–H and O–H groups in total. The van der Waals surface area contributed by atoms with Gasteiger partial charge < -0.3 is 9.80 Å². The molecule has 0 aliphatic carbocycles. The predicted molar refractivity (Wildman–Crippen MR) is 134 cm³/mol. The Morgan fingerprint density at radius 3 is 2.52 bits per heavy atom. The minimum atomic E-state index is -0.707. The van der Waals surface area contributed by atoms with E-state index in [-0.39, 0.29) is 11.9 Å². The number of piperazine rings is 1. The molecule has 1 amide bonds. The van der Waals surface area contributed by atoms with Crippen LogP contribution in [0.2, 0.25) is 5.02 Å². The molecule has 0 unspecified atom stereocenters. The first-order valence-corrected chi connectivity index (χ1v) is 11.8. The zero-order valence-corrected chi connectivity index (χ0v) is 19.2. The normalized spacial score (nSPS) is 24.1. The van der Waals surface area contributed by atoms with Crippen LogP contribution in [0.5, 0.6) is 0 Å². The molecule has 0 aromatic heterocycles. The summed E-state index contributed by atoms with van der Waals surface area (Å²) in [6.45, 7) is 4.46. The number of anilines is 3. The van der Waals surface area contributed by atoms with Crippen molar-refractivity contribution in [3.63, 3.8) is 0 Å². The van der Waals surface area contributed by atoms with Crippen LogP contribution in [0.3, 0.4) is 0 Å². The van der Waals surface area contributed by atoms with Crippen LogP contribution in [0.25, 0.3) is 0 Å². The van der Waals surface area contributed by atoms with Gasteiger partial charge in [-0.3, -0.25) is 4.79 Å². The summed E-state index contributed by atoms with van der Waals surface area (Å²) in [5, 5.41) is 7.16. The first kappa shape index (κ1) is 20.3. The largest absolute Gasteiger partial charge is 0.368 e. The van der Waals surface area contributed by atoms with Crippen molar-refractivity contribution in [2.45, 2.75) is 19.4 Å². The number of hydrogen-bond acceptors (Lipinski definition) is 4. The van der Waals surface area contributed by atoms with E-state index in [1.807, 2.05) is 55.5 Å². The number of hydrogen-bond donors (Lipinski definition) is 0. The third-order valence-electron chi connectivity index (χ3n) is 7.36. The molecule has 3 aliphatic heterocycles. The van der Waals surface area contributed by atoms with E-state index < -0.39 is 5.41 Å². The van der Waals surface area contributed by atoms with Gasteiger partial charge in [-0.1, -0.05) is 54.1 Å². The van der Waals surface area contributed by atoms with Gasteiger partial charge in [0.05, 0.1) is 17.4 Å². The van der Waals surface area contributed by atoms with Crippen LogP contribution in [0.1, 0.15) is 12.5 Å². The highest BCUT2D eigenvalue weighted by atomic mass is 35.5. The summed E-state index contributed by atoms with van der Waals surface area (Å²) in [4.78, 5) is 19.0. The maximum Gasteiger partial charge on any atom is 0.261 e. The molecular weight excluding hydrogens is 432 g/mol. The number of benzene rings is 3. The number of amides is 1. The van der Waals surface area contributed by atoms with E-state index in [1.54, 1.807) is 5.01 Å². The van der Waals surface area contributed by atoms with Gasteiger partial charge >= 0.3 is 0 Å². The maximum absolute atomic E-state index is 14.2. The predicted octanol–water partition coefficient (Wildman–Crippen LogP) is 5.00. The third kappa shape index (κ3) is 3.06. The first-order valence-electron chi connectivity index (χ1n) is 11.4. The van der Waals surface area contributed by atoms with Crippen molar-refractivity contribution in [2.24, 2.45) is 10.5 Å². The monoisotopic (exact) mass is 456 g/mol. The Labute approximate surface area is 198 Å². The highest BCUT2D eigenvalue weighted by Crippen LogP contribution is 2.48. The van der Waals surface area contributed by atoms with E-state index in [0.717, 1.165) is 41.7 Å². The lowest BCUT2D eigenvalue weighted by molar-refractivity contribution is -0.125. The zero-order chi connectivity index (χ0) is 22.6. The van der Waals surface area contributed by atoms with Crippen LogP contribution in [-0.4, -0.2) is 37.3 Å². The fourth-order valence-corrected chi connectivity index (χ4v) is 5.90. The van der Waals surface area contributed by atoms with Crippen LogP contribution < -0.4 is 14.8 Å². The van der Waals surface area contributed by atoms with Gasteiger partial charge in [0.1, 0.15) is 5.41 Å². The van der Waals surface area contributed by atoms with Crippen molar-refractivity contribution in [2.75, 3.05) is 34.4 Å². The van der Waals surface area contributed by atoms with Gasteiger partial charge in [-0.25, -0.2) is 0 Å². The molecule has 3 aromatic rings. The van der Waals surface area contributed by atoms with Crippen LogP contribution in [0, 0.1) is 5.41 Å². The number of rotatable bonds is 2. The molecule has 6 rings (SSSR count). The van der Waals surface area contributed by atoms with Gasteiger partial charge in [0.25, 0.3) is 5.91 Å². The molecule has 0 bridgehead atoms. The molecule has 1 saturated heterocycles. The van der Waals surface area contributed by atoms with Crippen LogP contribution >= 0.6 is 11.6 Å². The molecule has 3 heterocycles. The highest BCUT2D eigenvalue weighted by molar-refractivity contribution is 6.30. The quantitative estimate of drug-likeness (QED) is 0.544. The maximum atomic E-state index is 14.2. The average molecular weight is 457 g/mol. The van der Waals surface area contributed by atoms with Gasteiger partial charge in [-0.05, 0) is 55.3 Å². The Balaban J connectivity index is 1.45. The van der Waals surface area contributed by atoms with E-state index in [1.165, 1.54) is 11.3 Å². The van der Waals surface area contributed by atoms with Crippen LogP contribution in [0.4, 0.5) is 17.1 Å². The molecule has 5 nitrogen and oxygen atoms in total. The van der Waals surface area contributed by atoms with E-state index in [2.05, 4.69) is 40.1 Å². The van der Waals surface area contributed by atoms with Crippen molar-refractivity contribution < 1.29 is 4.79 Å². The summed E-state index contributed by atoms with van der Waals surface area (Å²) >= 11 is 6.31. The summed E-state index contributed by atoms with van der Waals surface area (Å²) in [7, 11) is 0.